The van der Waals surface area contributed by atoms with Gasteiger partial charge in [-0.15, -0.1) is 0 Å². The first-order valence-corrected chi connectivity index (χ1v) is 6.00. The van der Waals surface area contributed by atoms with E-state index < -0.39 is 0 Å². The number of hydrogen-bond acceptors (Lipinski definition) is 2. The first kappa shape index (κ1) is 11.9. The predicted molar refractivity (Wildman–Crippen MR) is 68.9 cm³/mol. The summed E-state index contributed by atoms with van der Waals surface area (Å²) in [4.78, 5) is 15.7. The van der Waals surface area contributed by atoms with E-state index in [0.717, 1.165) is 24.2 Å². The van der Waals surface area contributed by atoms with Gasteiger partial charge in [-0.25, -0.2) is 4.79 Å². The molecule has 2 amide bonds. The number of amides is 2. The van der Waals surface area contributed by atoms with Crippen molar-refractivity contribution in [2.24, 2.45) is 5.73 Å². The largest absolute Gasteiger partial charge is 0.326 e. The van der Waals surface area contributed by atoms with E-state index in [1.807, 2.05) is 41.1 Å². The molecule has 0 saturated carbocycles. The fourth-order valence-corrected chi connectivity index (χ4v) is 2.23. The molecule has 1 aliphatic heterocycles. The third-order valence-electron chi connectivity index (χ3n) is 3.40. The Morgan fingerprint density at radius 3 is 2.82 bits per heavy atom. The van der Waals surface area contributed by atoms with Crippen molar-refractivity contribution in [3.05, 3.63) is 29.8 Å². The molecular formula is C13H19N3O. The van der Waals surface area contributed by atoms with Crippen LogP contribution in [0.5, 0.6) is 0 Å². The van der Waals surface area contributed by atoms with Gasteiger partial charge in [-0.05, 0) is 24.1 Å². The van der Waals surface area contributed by atoms with E-state index in [1.165, 1.54) is 0 Å². The quantitative estimate of drug-likeness (QED) is 0.865. The molecule has 0 spiro atoms. The maximum Gasteiger partial charge on any atom is 0.324 e. The molecule has 1 fully saturated rings. The Morgan fingerprint density at radius 2 is 2.24 bits per heavy atom. The number of anilines is 1. The minimum absolute atomic E-state index is 0.0750. The molecule has 0 bridgehead atoms. The van der Waals surface area contributed by atoms with Crippen molar-refractivity contribution >= 4 is 11.7 Å². The molecule has 1 aliphatic rings. The van der Waals surface area contributed by atoms with Crippen molar-refractivity contribution < 1.29 is 4.79 Å². The fraction of sp³-hybridized carbons (Fsp3) is 0.462. The highest BCUT2D eigenvalue weighted by molar-refractivity contribution is 5.94. The van der Waals surface area contributed by atoms with Crippen LogP contribution in [-0.2, 0) is 6.54 Å². The Balaban J connectivity index is 2.25. The van der Waals surface area contributed by atoms with E-state index in [1.54, 1.807) is 0 Å². The molecule has 0 radical (unpaired) electrons. The summed E-state index contributed by atoms with van der Waals surface area (Å²) in [7, 11) is 1.86. The SMILES string of the molecule is CCC1CN(c2cccc(CN)c2)C(=O)N1C. The molecule has 1 saturated heterocycles. The molecule has 1 aromatic rings. The zero-order valence-corrected chi connectivity index (χ0v) is 10.4. The van der Waals surface area contributed by atoms with Crippen LogP contribution >= 0.6 is 0 Å². The van der Waals surface area contributed by atoms with Crippen LogP contribution in [0, 0.1) is 0 Å². The van der Waals surface area contributed by atoms with Gasteiger partial charge in [-0.3, -0.25) is 4.90 Å². The molecule has 2 N–H and O–H groups in total. The Bertz CT molecular complexity index is 419. The number of carbonyl (C=O) groups is 1. The van der Waals surface area contributed by atoms with Crippen LogP contribution < -0.4 is 10.6 Å². The number of rotatable bonds is 3. The minimum Gasteiger partial charge on any atom is -0.326 e. The molecular weight excluding hydrogens is 214 g/mol. The van der Waals surface area contributed by atoms with Crippen LogP contribution in [0.15, 0.2) is 24.3 Å². The average molecular weight is 233 g/mol. The molecule has 0 aromatic heterocycles. The van der Waals surface area contributed by atoms with Crippen molar-refractivity contribution in [2.75, 3.05) is 18.5 Å². The monoisotopic (exact) mass is 233 g/mol. The van der Waals surface area contributed by atoms with E-state index in [-0.39, 0.29) is 6.03 Å². The van der Waals surface area contributed by atoms with Gasteiger partial charge in [0.05, 0.1) is 6.04 Å². The molecule has 17 heavy (non-hydrogen) atoms. The van der Waals surface area contributed by atoms with Crippen LogP contribution in [-0.4, -0.2) is 30.6 Å². The van der Waals surface area contributed by atoms with Gasteiger partial charge >= 0.3 is 6.03 Å². The number of likely N-dealkylation sites (N-methyl/N-ethyl adjacent to an activating group) is 1. The Hall–Kier alpha value is -1.55. The maximum absolute atomic E-state index is 12.1. The standard InChI is InChI=1S/C13H19N3O/c1-3-11-9-16(13(17)15(11)2)12-6-4-5-10(7-12)8-14/h4-7,11H,3,8-9,14H2,1-2H3. The van der Waals surface area contributed by atoms with Crippen molar-refractivity contribution in [3.63, 3.8) is 0 Å². The van der Waals surface area contributed by atoms with Gasteiger partial charge in [0.25, 0.3) is 0 Å². The van der Waals surface area contributed by atoms with Gasteiger partial charge in [0, 0.05) is 25.8 Å². The number of nitrogens with zero attached hydrogens (tertiary/aromatic N) is 2. The van der Waals surface area contributed by atoms with Crippen LogP contribution in [0.4, 0.5) is 10.5 Å². The second-order valence-electron chi connectivity index (χ2n) is 4.44. The first-order chi connectivity index (χ1) is 8.17. The normalized spacial score (nSPS) is 20.2. The van der Waals surface area contributed by atoms with E-state index in [0.29, 0.717) is 12.6 Å². The lowest BCUT2D eigenvalue weighted by atomic mass is 10.2. The van der Waals surface area contributed by atoms with Crippen LogP contribution in [0.3, 0.4) is 0 Å². The van der Waals surface area contributed by atoms with Gasteiger partial charge < -0.3 is 10.6 Å². The third kappa shape index (κ3) is 2.13. The second-order valence-corrected chi connectivity index (χ2v) is 4.44. The Kier molecular flexibility index (Phi) is 3.33. The summed E-state index contributed by atoms with van der Waals surface area (Å²) in [6, 6.07) is 8.26. The predicted octanol–water partition coefficient (Wildman–Crippen LogP) is 1.80. The summed E-state index contributed by atoms with van der Waals surface area (Å²) in [6.07, 6.45) is 0.981. The van der Waals surface area contributed by atoms with E-state index in [2.05, 4.69) is 6.92 Å². The summed E-state index contributed by atoms with van der Waals surface area (Å²) < 4.78 is 0. The van der Waals surface area contributed by atoms with Crippen LogP contribution in [0.25, 0.3) is 0 Å². The van der Waals surface area contributed by atoms with Crippen molar-refractivity contribution in [3.8, 4) is 0 Å². The first-order valence-electron chi connectivity index (χ1n) is 6.00. The lowest BCUT2D eigenvalue weighted by molar-refractivity contribution is 0.218. The van der Waals surface area contributed by atoms with Crippen LogP contribution in [0.2, 0.25) is 0 Å². The second kappa shape index (κ2) is 4.75. The Labute approximate surface area is 102 Å². The summed E-state index contributed by atoms with van der Waals surface area (Å²) in [5.74, 6) is 0. The smallest absolute Gasteiger partial charge is 0.324 e. The summed E-state index contributed by atoms with van der Waals surface area (Å²) >= 11 is 0. The van der Waals surface area contributed by atoms with Crippen LogP contribution in [0.1, 0.15) is 18.9 Å². The zero-order valence-electron chi connectivity index (χ0n) is 10.4. The van der Waals surface area contributed by atoms with E-state index in [4.69, 9.17) is 5.73 Å². The molecule has 92 valence electrons. The van der Waals surface area contributed by atoms with Gasteiger partial charge in [0.15, 0.2) is 0 Å². The minimum atomic E-state index is 0.0750. The molecule has 1 aromatic carbocycles. The number of hydrogen-bond donors (Lipinski definition) is 1. The fourth-order valence-electron chi connectivity index (χ4n) is 2.23. The number of benzene rings is 1. The van der Waals surface area contributed by atoms with Crippen molar-refractivity contribution in [1.82, 2.24) is 4.90 Å². The lowest BCUT2D eigenvalue weighted by Gasteiger charge is -2.16. The van der Waals surface area contributed by atoms with Gasteiger partial charge in [-0.2, -0.15) is 0 Å². The molecule has 4 heteroatoms. The third-order valence-corrected chi connectivity index (χ3v) is 3.40. The summed E-state index contributed by atoms with van der Waals surface area (Å²) in [6.45, 7) is 3.37. The highest BCUT2D eigenvalue weighted by atomic mass is 16.2. The molecule has 2 rings (SSSR count). The molecule has 1 atom stereocenters. The molecule has 0 aliphatic carbocycles. The van der Waals surface area contributed by atoms with Gasteiger partial charge in [-0.1, -0.05) is 19.1 Å². The van der Waals surface area contributed by atoms with Gasteiger partial charge in [0.2, 0.25) is 0 Å². The van der Waals surface area contributed by atoms with E-state index >= 15 is 0 Å². The number of urea groups is 1. The molecule has 1 heterocycles. The van der Waals surface area contributed by atoms with Crippen molar-refractivity contribution in [2.45, 2.75) is 25.9 Å². The van der Waals surface area contributed by atoms with Gasteiger partial charge in [0.1, 0.15) is 0 Å². The molecule has 4 nitrogen and oxygen atoms in total. The highest BCUT2D eigenvalue weighted by Crippen LogP contribution is 2.24. The topological polar surface area (TPSA) is 49.6 Å². The molecule has 1 unspecified atom stereocenters. The zero-order chi connectivity index (χ0) is 12.4. The Morgan fingerprint density at radius 1 is 1.47 bits per heavy atom. The summed E-state index contributed by atoms with van der Waals surface area (Å²) in [5.41, 5.74) is 7.62. The lowest BCUT2D eigenvalue weighted by Crippen LogP contribution is -2.30. The maximum atomic E-state index is 12.1. The van der Waals surface area contributed by atoms with Crippen molar-refractivity contribution in [1.29, 1.82) is 0 Å². The van der Waals surface area contributed by atoms with E-state index in [9.17, 15) is 4.79 Å². The number of carbonyl (C=O) groups excluding carboxylic acids is 1. The summed E-state index contributed by atoms with van der Waals surface area (Å²) in [5, 5.41) is 0. The highest BCUT2D eigenvalue weighted by Gasteiger charge is 2.34. The average Bonchev–Trinajstić information content (AvgIpc) is 2.66. The number of nitrogens with two attached hydrogens (primary N) is 1.